The molecule has 4 aliphatic heterocycles. The number of fused-ring (bicyclic) bond motifs is 2. The van der Waals surface area contributed by atoms with Crippen LogP contribution in [0.2, 0.25) is 0 Å². The summed E-state index contributed by atoms with van der Waals surface area (Å²) in [5.41, 5.74) is 2.30. The van der Waals surface area contributed by atoms with E-state index in [0.717, 1.165) is 46.0 Å². The highest BCUT2D eigenvalue weighted by Gasteiger charge is 2.34. The monoisotopic (exact) mass is 1210 g/mol. The topological polar surface area (TPSA) is 198 Å². The minimum atomic E-state index is -0.973. The zero-order chi connectivity index (χ0) is 62.0. The van der Waals surface area contributed by atoms with E-state index >= 15 is 18.4 Å². The van der Waals surface area contributed by atoms with Gasteiger partial charge in [0, 0.05) is 138 Å². The average molecular weight is 1210 g/mol. The highest BCUT2D eigenvalue weighted by Crippen LogP contribution is 2.36. The predicted octanol–water partition coefficient (Wildman–Crippen LogP) is 9.14. The zero-order valence-electron chi connectivity index (χ0n) is 51.0. The highest BCUT2D eigenvalue weighted by atomic mass is 19.1. The Morgan fingerprint density at radius 3 is 1.53 bits per heavy atom. The second-order valence-corrected chi connectivity index (χ2v) is 23.1. The number of piperazine rings is 2. The Balaban J connectivity index is 0.930. The molecular formula is C65H74F2N16O6. The van der Waals surface area contributed by atoms with Crippen LogP contribution in [-0.2, 0) is 22.6 Å². The van der Waals surface area contributed by atoms with Gasteiger partial charge < -0.3 is 53.7 Å². The lowest BCUT2D eigenvalue weighted by Gasteiger charge is -2.38. The van der Waals surface area contributed by atoms with Gasteiger partial charge in [-0.3, -0.25) is 14.5 Å². The summed E-state index contributed by atoms with van der Waals surface area (Å²) in [6, 6.07) is 23.3. The molecule has 1 atom stereocenters. The Labute approximate surface area is 515 Å². The van der Waals surface area contributed by atoms with Gasteiger partial charge in [0.05, 0.1) is 59.7 Å². The van der Waals surface area contributed by atoms with Crippen LogP contribution < -0.4 is 30.5 Å². The first kappa shape index (κ1) is 60.2. The second kappa shape index (κ2) is 25.9. The number of ether oxygens (including phenoxy) is 2. The quantitative estimate of drug-likeness (QED) is 0.104. The normalized spacial score (nSPS) is 17.0. The molecule has 0 aliphatic carbocycles. The number of aryl methyl sites for hydroxylation is 2. The van der Waals surface area contributed by atoms with Gasteiger partial charge in [-0.2, -0.15) is 10.0 Å². The number of aromatic nitrogens is 6. The summed E-state index contributed by atoms with van der Waals surface area (Å²) in [5.74, 6) is -0.415. The molecule has 4 fully saturated rings. The summed E-state index contributed by atoms with van der Waals surface area (Å²) in [7, 11) is 2.01. The SMILES string of the molecule is CCn1ccc2c(N3CCOCC3)nc(-c3ccc(NC(=O)N(c4ccc(C(=O)N5CCN(C)C(C)C5)cc4)N(C(=O)Nc4ccc(C(=O)N5CCN(C(C)C)CC5)cc4)c4ccc(-c5nc(N6CCOCC6)c6ccn(CC)c6n5)c(F)c4)cc3F)nc21. The molecule has 2 N–H and O–H groups in total. The minimum absolute atomic E-state index is 0.00291. The Bertz CT molecular complexity index is 3920. The molecule has 0 radical (unpaired) electrons. The van der Waals surface area contributed by atoms with Crippen LogP contribution in [0.3, 0.4) is 0 Å². The molecule has 4 saturated heterocycles. The smallest absolute Gasteiger partial charge is 0.345 e. The molecule has 89 heavy (non-hydrogen) atoms. The van der Waals surface area contributed by atoms with Gasteiger partial charge in [-0.1, -0.05) is 0 Å². The predicted molar refractivity (Wildman–Crippen MR) is 340 cm³/mol. The number of hydrogen-bond donors (Lipinski definition) is 2. The second-order valence-electron chi connectivity index (χ2n) is 23.1. The van der Waals surface area contributed by atoms with Crippen LogP contribution in [0.15, 0.2) is 109 Å². The fourth-order valence-corrected chi connectivity index (χ4v) is 12.0. The Hall–Kier alpha value is -9.10. The fourth-order valence-electron chi connectivity index (χ4n) is 12.0. The molecule has 4 aromatic carbocycles. The first-order chi connectivity index (χ1) is 43.1. The molecular weight excluding hydrogens is 1140 g/mol. The fraction of sp³-hybridized carbons (Fsp3) is 0.385. The van der Waals surface area contributed by atoms with E-state index in [1.165, 1.54) is 36.4 Å². The van der Waals surface area contributed by atoms with Crippen LogP contribution in [0.5, 0.6) is 0 Å². The summed E-state index contributed by atoms with van der Waals surface area (Å²) in [5, 5.41) is 9.29. The Kier molecular flexibility index (Phi) is 17.5. The van der Waals surface area contributed by atoms with Crippen molar-refractivity contribution in [2.75, 3.05) is 136 Å². The van der Waals surface area contributed by atoms with E-state index in [1.54, 1.807) is 41.3 Å². The number of rotatable bonds is 13. The number of nitrogens with zero attached hydrogens (tertiary/aromatic N) is 14. The van der Waals surface area contributed by atoms with Crippen molar-refractivity contribution in [1.29, 1.82) is 0 Å². The van der Waals surface area contributed by atoms with Gasteiger partial charge in [-0.05, 0) is 133 Å². The van der Waals surface area contributed by atoms with E-state index in [0.29, 0.717) is 139 Å². The molecule has 4 aromatic heterocycles. The molecule has 1 unspecified atom stereocenters. The number of nitrogens with one attached hydrogen (secondary N) is 2. The van der Waals surface area contributed by atoms with Gasteiger partial charge in [-0.25, -0.2) is 38.3 Å². The van der Waals surface area contributed by atoms with Crippen LogP contribution in [0.4, 0.5) is 52.8 Å². The summed E-state index contributed by atoms with van der Waals surface area (Å²) >= 11 is 0. The molecule has 24 heteroatoms. The highest BCUT2D eigenvalue weighted by molar-refractivity contribution is 6.13. The van der Waals surface area contributed by atoms with Crippen molar-refractivity contribution < 1.29 is 37.4 Å². The number of benzene rings is 4. The Morgan fingerprint density at radius 1 is 0.562 bits per heavy atom. The van der Waals surface area contributed by atoms with Crippen molar-refractivity contribution in [2.24, 2.45) is 0 Å². The number of morpholine rings is 2. The maximum atomic E-state index is 17.5. The Morgan fingerprint density at radius 2 is 1.02 bits per heavy atom. The van der Waals surface area contributed by atoms with E-state index in [-0.39, 0.29) is 63.4 Å². The van der Waals surface area contributed by atoms with Gasteiger partial charge in [0.15, 0.2) is 11.6 Å². The first-order valence-electron chi connectivity index (χ1n) is 30.6. The summed E-state index contributed by atoms with van der Waals surface area (Å²) in [6.07, 6.45) is 3.85. The lowest BCUT2D eigenvalue weighted by molar-refractivity contribution is 0.0571. The van der Waals surface area contributed by atoms with Gasteiger partial charge in [-0.15, -0.1) is 0 Å². The number of likely N-dealkylation sites (N-methyl/N-ethyl adjacent to an activating group) is 1. The van der Waals surface area contributed by atoms with E-state index in [9.17, 15) is 9.59 Å². The van der Waals surface area contributed by atoms with Crippen LogP contribution in [-0.4, -0.2) is 190 Å². The van der Waals surface area contributed by atoms with Crippen molar-refractivity contribution >= 4 is 80.3 Å². The number of carbonyl (C=O) groups is 4. The molecule has 4 aliphatic rings. The number of amides is 6. The van der Waals surface area contributed by atoms with Gasteiger partial charge in [0.25, 0.3) is 11.8 Å². The average Bonchev–Trinajstić information content (AvgIpc) is 1.90. The lowest BCUT2D eigenvalue weighted by atomic mass is 10.1. The van der Waals surface area contributed by atoms with Crippen molar-refractivity contribution in [1.82, 2.24) is 48.7 Å². The molecule has 12 rings (SSSR count). The molecule has 22 nitrogen and oxygen atoms in total. The zero-order valence-corrected chi connectivity index (χ0v) is 51.0. The van der Waals surface area contributed by atoms with E-state index in [4.69, 9.17) is 29.4 Å². The maximum Gasteiger partial charge on any atom is 0.345 e. The molecule has 0 spiro atoms. The minimum Gasteiger partial charge on any atom is -0.378 e. The van der Waals surface area contributed by atoms with Crippen LogP contribution in [0, 0.1) is 11.6 Å². The van der Waals surface area contributed by atoms with Crippen molar-refractivity contribution in [3.63, 3.8) is 0 Å². The molecule has 0 bridgehead atoms. The first-order valence-corrected chi connectivity index (χ1v) is 30.6. The number of anilines is 6. The molecule has 6 amide bonds. The van der Waals surface area contributed by atoms with Crippen LogP contribution >= 0.6 is 0 Å². The van der Waals surface area contributed by atoms with Crippen molar-refractivity contribution in [3.05, 3.63) is 132 Å². The molecule has 0 saturated carbocycles. The molecule has 464 valence electrons. The number of halogens is 2. The van der Waals surface area contributed by atoms with E-state index in [1.807, 2.05) is 59.5 Å². The standard InChI is InChI=1S/C65H74F2N16O6/c1-7-75-23-21-52-58(75)70-56(72-60(52)78-31-35-88-36-32-78)50-19-15-47(39-54(50)66)69-65(87)82(48-16-11-45(12-17-48)63(85)81-26-25-74(6)43(5)41-81)83(64(86)68-46-13-9-44(10-14-46)62(84)80-29-27-77(28-30-80)42(3)4)49-18-20-51(55(67)40-49)57-71-59-53(22-24-76(59)8-2)61(73-57)79-33-37-89-38-34-79/h9-24,39-40,42-43H,7-8,25-38,41H2,1-6H3,(H,68,86)(H,69,87). The van der Waals surface area contributed by atoms with Gasteiger partial charge in [0.2, 0.25) is 0 Å². The third-order valence-corrected chi connectivity index (χ3v) is 17.3. The largest absolute Gasteiger partial charge is 0.378 e. The molecule has 8 heterocycles. The lowest BCUT2D eigenvalue weighted by Crippen LogP contribution is -2.54. The third-order valence-electron chi connectivity index (χ3n) is 17.3. The van der Waals surface area contributed by atoms with E-state index < -0.39 is 23.7 Å². The van der Waals surface area contributed by atoms with Crippen molar-refractivity contribution in [2.45, 2.75) is 59.8 Å². The summed E-state index contributed by atoms with van der Waals surface area (Å²) < 4.78 is 49.6. The van der Waals surface area contributed by atoms with Gasteiger partial charge in [0.1, 0.15) is 34.6 Å². The van der Waals surface area contributed by atoms with Crippen LogP contribution in [0.25, 0.3) is 44.8 Å². The van der Waals surface area contributed by atoms with Crippen LogP contribution in [0.1, 0.15) is 55.3 Å². The summed E-state index contributed by atoms with van der Waals surface area (Å²) in [4.78, 5) is 90.8. The number of urea groups is 2. The van der Waals surface area contributed by atoms with Gasteiger partial charge >= 0.3 is 12.1 Å². The maximum absolute atomic E-state index is 17.5. The van der Waals surface area contributed by atoms with E-state index in [2.05, 4.69) is 51.0 Å². The third kappa shape index (κ3) is 12.4. The number of carbonyl (C=O) groups excluding carboxylic acids is 4. The number of hydrogen-bond acceptors (Lipinski definition) is 14. The molecule has 8 aromatic rings. The number of hydrazine groups is 1. The van der Waals surface area contributed by atoms with Crippen molar-refractivity contribution in [3.8, 4) is 22.8 Å². The summed E-state index contributed by atoms with van der Waals surface area (Å²) in [6.45, 7) is 20.1.